The third kappa shape index (κ3) is 3.42. The lowest BCUT2D eigenvalue weighted by atomic mass is 10.0. The van der Waals surface area contributed by atoms with Gasteiger partial charge in [0.15, 0.2) is 0 Å². The summed E-state index contributed by atoms with van der Waals surface area (Å²) in [6.45, 7) is 5.62. The molecule has 8 heteroatoms. The predicted octanol–water partition coefficient (Wildman–Crippen LogP) is 3.75. The number of esters is 1. The number of carbonyl (C=O) groups excluding carboxylic acids is 1. The molecule has 24 heavy (non-hydrogen) atoms. The van der Waals surface area contributed by atoms with Gasteiger partial charge >= 0.3 is 5.97 Å². The molecule has 0 saturated heterocycles. The number of halogens is 1. The van der Waals surface area contributed by atoms with E-state index in [9.17, 15) is 19.3 Å². The Hall–Kier alpha value is -2.77. The minimum atomic E-state index is -0.865. The highest BCUT2D eigenvalue weighted by Gasteiger charge is 2.24. The molecule has 0 unspecified atom stereocenters. The highest BCUT2D eigenvalue weighted by molar-refractivity contribution is 5.98. The number of hydrogen-bond acceptors (Lipinski definition) is 5. The van der Waals surface area contributed by atoms with Gasteiger partial charge in [-0.05, 0) is 20.3 Å². The normalized spacial score (nSPS) is 12.0. The number of benzene rings is 1. The molecule has 7 nitrogen and oxygen atoms in total. The Bertz CT molecular complexity index is 773. The molecule has 1 aromatic carbocycles. The van der Waals surface area contributed by atoms with Crippen LogP contribution in [0.3, 0.4) is 0 Å². The van der Waals surface area contributed by atoms with Crippen molar-refractivity contribution in [3.63, 3.8) is 0 Å². The monoisotopic (exact) mass is 335 g/mol. The molecule has 0 spiro atoms. The number of rotatable bonds is 6. The average molecular weight is 335 g/mol. The van der Waals surface area contributed by atoms with Crippen LogP contribution in [0.4, 0.5) is 10.1 Å². The number of carbonyl (C=O) groups is 1. The van der Waals surface area contributed by atoms with Crippen LogP contribution < -0.4 is 0 Å². The number of ether oxygens (including phenoxy) is 1. The molecule has 0 N–H and O–H groups in total. The van der Waals surface area contributed by atoms with Gasteiger partial charge in [-0.1, -0.05) is 6.92 Å². The number of non-ortho nitro benzene ring substituents is 1. The van der Waals surface area contributed by atoms with Crippen LogP contribution in [0.1, 0.15) is 43.6 Å². The summed E-state index contributed by atoms with van der Waals surface area (Å²) in [6, 6.07) is 1.92. The van der Waals surface area contributed by atoms with E-state index in [1.54, 1.807) is 17.8 Å². The zero-order valence-electron chi connectivity index (χ0n) is 13.7. The Morgan fingerprint density at radius 1 is 1.46 bits per heavy atom. The van der Waals surface area contributed by atoms with Crippen LogP contribution in [0, 0.1) is 15.9 Å². The third-order valence-corrected chi connectivity index (χ3v) is 3.71. The molecule has 0 radical (unpaired) electrons. The van der Waals surface area contributed by atoms with E-state index in [-0.39, 0.29) is 23.8 Å². The molecular weight excluding hydrogens is 317 g/mol. The number of nitro benzene ring substituents is 1. The van der Waals surface area contributed by atoms with E-state index in [1.165, 1.54) is 6.20 Å². The number of hydrogen-bond donors (Lipinski definition) is 0. The zero-order chi connectivity index (χ0) is 17.9. The van der Waals surface area contributed by atoms with E-state index in [0.29, 0.717) is 5.56 Å². The fourth-order valence-electron chi connectivity index (χ4n) is 2.26. The minimum Gasteiger partial charge on any atom is -0.462 e. The molecule has 0 aliphatic rings. The first-order valence-electron chi connectivity index (χ1n) is 7.58. The topological polar surface area (TPSA) is 87.3 Å². The lowest BCUT2D eigenvalue weighted by Crippen LogP contribution is -2.09. The first kappa shape index (κ1) is 17.6. The van der Waals surface area contributed by atoms with Gasteiger partial charge in [0, 0.05) is 29.4 Å². The van der Waals surface area contributed by atoms with Gasteiger partial charge in [-0.3, -0.25) is 14.8 Å². The summed E-state index contributed by atoms with van der Waals surface area (Å²) in [5, 5.41) is 15.1. The second-order valence-corrected chi connectivity index (χ2v) is 5.29. The van der Waals surface area contributed by atoms with Gasteiger partial charge in [-0.25, -0.2) is 9.18 Å². The Kier molecular flexibility index (Phi) is 5.28. The number of nitro groups is 1. The molecule has 128 valence electrons. The standard InChI is InChI=1S/C16H18FN3O4/c1-4-10(3)19-9-11(8-18-19)15-13(16(21)24-5-2)6-12(20(22)23)7-14(15)17/h6-10H,4-5H2,1-3H3/t10-/m0/s1. The summed E-state index contributed by atoms with van der Waals surface area (Å²) in [5.74, 6) is -1.68. The van der Waals surface area contributed by atoms with Gasteiger partial charge in [-0.15, -0.1) is 0 Å². The Morgan fingerprint density at radius 2 is 2.17 bits per heavy atom. The molecule has 1 aromatic heterocycles. The van der Waals surface area contributed by atoms with E-state index in [0.717, 1.165) is 18.6 Å². The van der Waals surface area contributed by atoms with Gasteiger partial charge in [0.2, 0.25) is 0 Å². The van der Waals surface area contributed by atoms with E-state index in [1.807, 2.05) is 13.8 Å². The zero-order valence-corrected chi connectivity index (χ0v) is 13.7. The largest absolute Gasteiger partial charge is 0.462 e. The Labute approximate surface area is 138 Å². The lowest BCUT2D eigenvalue weighted by molar-refractivity contribution is -0.385. The van der Waals surface area contributed by atoms with Crippen molar-refractivity contribution in [1.29, 1.82) is 0 Å². The van der Waals surface area contributed by atoms with Crippen molar-refractivity contribution < 1.29 is 18.8 Å². The maximum atomic E-state index is 14.5. The summed E-state index contributed by atoms with van der Waals surface area (Å²) < 4.78 is 21.1. The highest BCUT2D eigenvalue weighted by Crippen LogP contribution is 2.31. The van der Waals surface area contributed by atoms with E-state index in [2.05, 4.69) is 5.10 Å². The van der Waals surface area contributed by atoms with Crippen molar-refractivity contribution in [1.82, 2.24) is 9.78 Å². The Balaban J connectivity index is 2.61. The summed E-state index contributed by atoms with van der Waals surface area (Å²) in [5.41, 5.74) is -0.375. The van der Waals surface area contributed by atoms with Crippen molar-refractivity contribution in [2.24, 2.45) is 0 Å². The SMILES string of the molecule is CCOC(=O)c1cc([N+](=O)[O-])cc(F)c1-c1cnn([C@@H](C)CC)c1. The van der Waals surface area contributed by atoms with Crippen LogP contribution in [-0.4, -0.2) is 27.3 Å². The van der Waals surface area contributed by atoms with Crippen LogP contribution in [-0.2, 0) is 4.74 Å². The van der Waals surface area contributed by atoms with Crippen LogP contribution >= 0.6 is 0 Å². The Morgan fingerprint density at radius 3 is 2.75 bits per heavy atom. The van der Waals surface area contributed by atoms with Crippen LogP contribution in [0.25, 0.3) is 11.1 Å². The van der Waals surface area contributed by atoms with Gasteiger partial charge < -0.3 is 4.74 Å². The smallest absolute Gasteiger partial charge is 0.339 e. The molecule has 0 aliphatic carbocycles. The first-order chi connectivity index (χ1) is 11.4. The molecule has 1 atom stereocenters. The first-order valence-corrected chi connectivity index (χ1v) is 7.58. The molecule has 2 rings (SSSR count). The van der Waals surface area contributed by atoms with Crippen molar-refractivity contribution in [2.75, 3.05) is 6.61 Å². The van der Waals surface area contributed by atoms with Gasteiger partial charge in [-0.2, -0.15) is 5.10 Å². The molecule has 0 amide bonds. The fraction of sp³-hybridized carbons (Fsp3) is 0.375. The molecule has 1 heterocycles. The number of aromatic nitrogens is 2. The summed E-state index contributed by atoms with van der Waals surface area (Å²) in [6.07, 6.45) is 3.87. The minimum absolute atomic E-state index is 0.0476. The highest BCUT2D eigenvalue weighted by atomic mass is 19.1. The van der Waals surface area contributed by atoms with E-state index < -0.39 is 22.4 Å². The van der Waals surface area contributed by atoms with Crippen LogP contribution in [0.5, 0.6) is 0 Å². The molecular formula is C16H18FN3O4. The molecule has 2 aromatic rings. The maximum Gasteiger partial charge on any atom is 0.339 e. The summed E-state index contributed by atoms with van der Waals surface area (Å²) in [7, 11) is 0. The fourth-order valence-corrected chi connectivity index (χ4v) is 2.26. The molecule has 0 bridgehead atoms. The average Bonchev–Trinajstić information content (AvgIpc) is 3.02. The van der Waals surface area contributed by atoms with Gasteiger partial charge in [0.1, 0.15) is 5.82 Å². The molecule has 0 aliphatic heterocycles. The van der Waals surface area contributed by atoms with Crippen molar-refractivity contribution in [3.8, 4) is 11.1 Å². The van der Waals surface area contributed by atoms with Crippen molar-refractivity contribution >= 4 is 11.7 Å². The van der Waals surface area contributed by atoms with Gasteiger partial charge in [0.25, 0.3) is 5.69 Å². The van der Waals surface area contributed by atoms with Crippen LogP contribution in [0.15, 0.2) is 24.5 Å². The van der Waals surface area contributed by atoms with Gasteiger partial charge in [0.05, 0.1) is 29.4 Å². The second kappa shape index (κ2) is 7.20. The maximum absolute atomic E-state index is 14.5. The van der Waals surface area contributed by atoms with Crippen molar-refractivity contribution in [2.45, 2.75) is 33.2 Å². The summed E-state index contributed by atoms with van der Waals surface area (Å²) in [4.78, 5) is 22.3. The van der Waals surface area contributed by atoms with E-state index in [4.69, 9.17) is 4.74 Å². The lowest BCUT2D eigenvalue weighted by Gasteiger charge is -2.10. The quantitative estimate of drug-likeness (QED) is 0.456. The molecule has 0 saturated carbocycles. The van der Waals surface area contributed by atoms with Crippen molar-refractivity contribution in [3.05, 3.63) is 46.0 Å². The second-order valence-electron chi connectivity index (χ2n) is 5.29. The summed E-state index contributed by atoms with van der Waals surface area (Å²) >= 11 is 0. The van der Waals surface area contributed by atoms with Crippen LogP contribution in [0.2, 0.25) is 0 Å². The molecule has 0 fully saturated rings. The third-order valence-electron chi connectivity index (χ3n) is 3.71. The number of nitrogens with zero attached hydrogens (tertiary/aromatic N) is 3. The predicted molar refractivity (Wildman–Crippen MR) is 85.2 cm³/mol. The van der Waals surface area contributed by atoms with E-state index >= 15 is 0 Å².